The van der Waals surface area contributed by atoms with Crippen LogP contribution in [-0.2, 0) is 6.61 Å². The SMILES string of the molecule is Cc1ccc(C)c(-c2ccnc(CO)c2-c2ccccc2)c1. The van der Waals surface area contributed by atoms with Crippen molar-refractivity contribution in [2.24, 2.45) is 0 Å². The van der Waals surface area contributed by atoms with E-state index in [1.54, 1.807) is 6.20 Å². The minimum Gasteiger partial charge on any atom is -0.390 e. The van der Waals surface area contributed by atoms with Crippen molar-refractivity contribution in [2.75, 3.05) is 0 Å². The molecule has 1 N–H and O–H groups in total. The van der Waals surface area contributed by atoms with E-state index in [0.29, 0.717) is 5.69 Å². The van der Waals surface area contributed by atoms with Gasteiger partial charge in [-0.15, -0.1) is 0 Å². The molecule has 0 spiro atoms. The quantitative estimate of drug-likeness (QED) is 0.768. The summed E-state index contributed by atoms with van der Waals surface area (Å²) in [5.74, 6) is 0. The van der Waals surface area contributed by atoms with Crippen LogP contribution in [0.1, 0.15) is 16.8 Å². The second-order valence-electron chi connectivity index (χ2n) is 5.52. The first-order valence-electron chi connectivity index (χ1n) is 7.42. The summed E-state index contributed by atoms with van der Waals surface area (Å²) in [6.45, 7) is 4.14. The molecule has 3 rings (SSSR count). The third-order valence-electron chi connectivity index (χ3n) is 3.92. The molecule has 1 aromatic heterocycles. The van der Waals surface area contributed by atoms with Crippen LogP contribution < -0.4 is 0 Å². The van der Waals surface area contributed by atoms with Gasteiger partial charge >= 0.3 is 0 Å². The molecule has 0 radical (unpaired) electrons. The van der Waals surface area contributed by atoms with Gasteiger partial charge < -0.3 is 5.11 Å². The predicted octanol–water partition coefficient (Wildman–Crippen LogP) is 4.52. The van der Waals surface area contributed by atoms with Gasteiger partial charge in [-0.05, 0) is 42.2 Å². The Morgan fingerprint density at radius 1 is 0.909 bits per heavy atom. The molecule has 0 aliphatic rings. The molecular weight excluding hydrogens is 270 g/mol. The van der Waals surface area contributed by atoms with Crippen LogP contribution in [0.3, 0.4) is 0 Å². The van der Waals surface area contributed by atoms with E-state index in [1.807, 2.05) is 24.3 Å². The molecule has 0 aliphatic carbocycles. The second-order valence-corrected chi connectivity index (χ2v) is 5.52. The van der Waals surface area contributed by atoms with Crippen molar-refractivity contribution in [3.8, 4) is 22.3 Å². The topological polar surface area (TPSA) is 33.1 Å². The predicted molar refractivity (Wildman–Crippen MR) is 90.5 cm³/mol. The van der Waals surface area contributed by atoms with Gasteiger partial charge in [0.1, 0.15) is 0 Å². The Hall–Kier alpha value is -2.45. The van der Waals surface area contributed by atoms with Gasteiger partial charge in [0.05, 0.1) is 12.3 Å². The van der Waals surface area contributed by atoms with E-state index in [9.17, 15) is 5.11 Å². The van der Waals surface area contributed by atoms with Crippen LogP contribution in [0.25, 0.3) is 22.3 Å². The van der Waals surface area contributed by atoms with Crippen molar-refractivity contribution in [3.05, 3.63) is 77.6 Å². The van der Waals surface area contributed by atoms with Crippen molar-refractivity contribution >= 4 is 0 Å². The highest BCUT2D eigenvalue weighted by molar-refractivity contribution is 5.86. The summed E-state index contributed by atoms with van der Waals surface area (Å²) < 4.78 is 0. The largest absolute Gasteiger partial charge is 0.390 e. The number of aliphatic hydroxyl groups excluding tert-OH is 1. The molecule has 0 atom stereocenters. The molecule has 2 aromatic carbocycles. The third-order valence-corrected chi connectivity index (χ3v) is 3.92. The lowest BCUT2D eigenvalue weighted by atomic mass is 9.91. The van der Waals surface area contributed by atoms with Crippen LogP contribution >= 0.6 is 0 Å². The summed E-state index contributed by atoms with van der Waals surface area (Å²) in [4.78, 5) is 4.36. The molecule has 0 saturated heterocycles. The zero-order valence-corrected chi connectivity index (χ0v) is 12.9. The van der Waals surface area contributed by atoms with Crippen LogP contribution in [0, 0.1) is 13.8 Å². The minimum absolute atomic E-state index is 0.0665. The van der Waals surface area contributed by atoms with Gasteiger partial charge in [-0.1, -0.05) is 54.1 Å². The van der Waals surface area contributed by atoms with Gasteiger partial charge in [0.25, 0.3) is 0 Å². The van der Waals surface area contributed by atoms with Crippen LogP contribution in [0.5, 0.6) is 0 Å². The molecule has 2 heteroatoms. The van der Waals surface area contributed by atoms with E-state index >= 15 is 0 Å². The number of aliphatic hydroxyl groups is 1. The maximum Gasteiger partial charge on any atom is 0.0859 e. The van der Waals surface area contributed by atoms with Gasteiger partial charge in [-0.25, -0.2) is 0 Å². The molecule has 2 nitrogen and oxygen atoms in total. The minimum atomic E-state index is -0.0665. The summed E-state index contributed by atoms with van der Waals surface area (Å²) in [6.07, 6.45) is 1.77. The normalized spacial score (nSPS) is 10.7. The number of aromatic nitrogens is 1. The van der Waals surface area contributed by atoms with Crippen molar-refractivity contribution < 1.29 is 5.11 Å². The Bertz CT molecular complexity index is 794. The summed E-state index contributed by atoms with van der Waals surface area (Å²) in [6, 6.07) is 18.6. The third kappa shape index (κ3) is 2.66. The molecule has 0 aliphatic heterocycles. The maximum absolute atomic E-state index is 9.71. The lowest BCUT2D eigenvalue weighted by molar-refractivity contribution is 0.277. The van der Waals surface area contributed by atoms with Crippen molar-refractivity contribution in [1.29, 1.82) is 0 Å². The average molecular weight is 289 g/mol. The summed E-state index contributed by atoms with van der Waals surface area (Å²) >= 11 is 0. The van der Waals surface area contributed by atoms with Gasteiger partial charge in [-0.3, -0.25) is 4.98 Å². The highest BCUT2D eigenvalue weighted by Crippen LogP contribution is 2.35. The fraction of sp³-hybridized carbons (Fsp3) is 0.150. The van der Waals surface area contributed by atoms with Crippen molar-refractivity contribution in [3.63, 3.8) is 0 Å². The molecule has 3 aromatic rings. The first kappa shape index (κ1) is 14.5. The lowest BCUT2D eigenvalue weighted by Gasteiger charge is -2.15. The number of rotatable bonds is 3. The fourth-order valence-corrected chi connectivity index (χ4v) is 2.80. The number of hydrogen-bond donors (Lipinski definition) is 1. The Labute approximate surface area is 131 Å². The van der Waals surface area contributed by atoms with Crippen molar-refractivity contribution in [2.45, 2.75) is 20.5 Å². The van der Waals surface area contributed by atoms with Crippen LogP contribution in [0.4, 0.5) is 0 Å². The van der Waals surface area contributed by atoms with E-state index in [-0.39, 0.29) is 6.61 Å². The molecule has 0 bridgehead atoms. The van der Waals surface area contributed by atoms with Gasteiger partial charge in [0, 0.05) is 11.8 Å². The molecule has 22 heavy (non-hydrogen) atoms. The van der Waals surface area contributed by atoms with E-state index in [0.717, 1.165) is 16.7 Å². The van der Waals surface area contributed by atoms with Gasteiger partial charge in [0.15, 0.2) is 0 Å². The van der Waals surface area contributed by atoms with Gasteiger partial charge in [-0.2, -0.15) is 0 Å². The lowest BCUT2D eigenvalue weighted by Crippen LogP contribution is -1.98. The van der Waals surface area contributed by atoms with Crippen LogP contribution in [0.15, 0.2) is 60.8 Å². The number of aryl methyl sites for hydroxylation is 2. The number of nitrogens with zero attached hydrogens (tertiary/aromatic N) is 1. The first-order valence-corrected chi connectivity index (χ1v) is 7.42. The zero-order valence-electron chi connectivity index (χ0n) is 12.9. The molecular formula is C20H19NO. The highest BCUT2D eigenvalue weighted by atomic mass is 16.3. The Morgan fingerprint density at radius 2 is 1.68 bits per heavy atom. The molecule has 110 valence electrons. The van der Waals surface area contributed by atoms with E-state index in [4.69, 9.17) is 0 Å². The Morgan fingerprint density at radius 3 is 2.41 bits per heavy atom. The van der Waals surface area contributed by atoms with Crippen LogP contribution in [0.2, 0.25) is 0 Å². The second kappa shape index (κ2) is 6.12. The number of benzene rings is 2. The zero-order chi connectivity index (χ0) is 15.5. The average Bonchev–Trinajstić information content (AvgIpc) is 2.57. The summed E-state index contributed by atoms with van der Waals surface area (Å²) in [7, 11) is 0. The Kier molecular flexibility index (Phi) is 4.03. The standard InChI is InChI=1S/C20H19NO/c1-14-8-9-15(2)18(12-14)17-10-11-21-19(13-22)20(17)16-6-4-3-5-7-16/h3-12,22H,13H2,1-2H3. The monoisotopic (exact) mass is 289 g/mol. The summed E-state index contributed by atoms with van der Waals surface area (Å²) in [5.41, 5.74) is 7.56. The number of hydrogen-bond acceptors (Lipinski definition) is 2. The van der Waals surface area contributed by atoms with E-state index in [1.165, 1.54) is 16.7 Å². The van der Waals surface area contributed by atoms with Crippen molar-refractivity contribution in [1.82, 2.24) is 4.98 Å². The number of pyridine rings is 1. The molecule has 0 fully saturated rings. The summed E-state index contributed by atoms with van der Waals surface area (Å²) in [5, 5.41) is 9.71. The maximum atomic E-state index is 9.71. The van der Waals surface area contributed by atoms with E-state index in [2.05, 4.69) is 49.2 Å². The molecule has 0 amide bonds. The van der Waals surface area contributed by atoms with Gasteiger partial charge in [0.2, 0.25) is 0 Å². The molecule has 0 saturated carbocycles. The van der Waals surface area contributed by atoms with Crippen LogP contribution in [-0.4, -0.2) is 10.1 Å². The smallest absolute Gasteiger partial charge is 0.0859 e. The molecule has 1 heterocycles. The van der Waals surface area contributed by atoms with E-state index < -0.39 is 0 Å². The Balaban J connectivity index is 2.31. The highest BCUT2D eigenvalue weighted by Gasteiger charge is 2.14. The first-order chi connectivity index (χ1) is 10.7. The molecule has 0 unspecified atom stereocenters. The fourth-order valence-electron chi connectivity index (χ4n) is 2.80.